The topological polar surface area (TPSA) is 32.3 Å². The summed E-state index contributed by atoms with van der Waals surface area (Å²) in [6, 6.07) is 9.01. The van der Waals surface area contributed by atoms with E-state index < -0.39 is 0 Å². The average molecular weight is 293 g/mol. The molecule has 0 aliphatic rings. The van der Waals surface area contributed by atoms with Crippen molar-refractivity contribution in [1.29, 1.82) is 0 Å². The first-order valence-electron chi connectivity index (χ1n) is 6.91. The van der Waals surface area contributed by atoms with Crippen LogP contribution in [-0.4, -0.2) is 17.8 Å². The molecule has 0 amide bonds. The number of thiophene rings is 1. The summed E-state index contributed by atoms with van der Waals surface area (Å²) in [5, 5.41) is 14.8. The fraction of sp³-hybridized carbons (Fsp3) is 0.375. The highest BCUT2D eigenvalue weighted by molar-refractivity contribution is 7.13. The van der Waals surface area contributed by atoms with E-state index in [1.54, 1.807) is 6.07 Å². The molecule has 1 aromatic carbocycles. The lowest BCUT2D eigenvalue weighted by atomic mass is 10.1. The Morgan fingerprint density at radius 1 is 1.35 bits per heavy atom. The Labute approximate surface area is 123 Å². The van der Waals surface area contributed by atoms with E-state index in [2.05, 4.69) is 12.2 Å². The van der Waals surface area contributed by atoms with Gasteiger partial charge in [-0.05, 0) is 35.6 Å². The highest BCUT2D eigenvalue weighted by Crippen LogP contribution is 2.28. The van der Waals surface area contributed by atoms with E-state index >= 15 is 0 Å². The second-order valence-electron chi connectivity index (χ2n) is 4.86. The smallest absolute Gasteiger partial charge is 0.131 e. The molecular formula is C16H20FNOS. The van der Waals surface area contributed by atoms with Crippen molar-refractivity contribution in [3.63, 3.8) is 0 Å². The second-order valence-corrected chi connectivity index (χ2v) is 5.81. The zero-order valence-electron chi connectivity index (χ0n) is 11.6. The largest absolute Gasteiger partial charge is 0.392 e. The molecule has 1 heterocycles. The molecule has 0 bridgehead atoms. The minimum atomic E-state index is -0.308. The van der Waals surface area contributed by atoms with Crippen molar-refractivity contribution in [2.45, 2.75) is 32.4 Å². The van der Waals surface area contributed by atoms with E-state index in [4.69, 9.17) is 0 Å². The van der Waals surface area contributed by atoms with Crippen LogP contribution in [0.15, 0.2) is 35.7 Å². The van der Waals surface area contributed by atoms with Crippen LogP contribution in [0.3, 0.4) is 0 Å². The molecule has 1 aromatic heterocycles. The fourth-order valence-electron chi connectivity index (χ4n) is 2.12. The van der Waals surface area contributed by atoms with Gasteiger partial charge in [0.05, 0.1) is 6.10 Å². The van der Waals surface area contributed by atoms with E-state index in [1.807, 2.05) is 23.6 Å². The minimum Gasteiger partial charge on any atom is -0.392 e. The second kappa shape index (κ2) is 7.53. The normalized spacial score (nSPS) is 12.6. The van der Waals surface area contributed by atoms with Gasteiger partial charge >= 0.3 is 0 Å². The first kappa shape index (κ1) is 15.2. The Morgan fingerprint density at radius 2 is 2.20 bits per heavy atom. The molecule has 0 aliphatic carbocycles. The molecule has 0 aliphatic heterocycles. The Bertz CT molecular complexity index is 527. The van der Waals surface area contributed by atoms with Gasteiger partial charge in [0, 0.05) is 23.5 Å². The summed E-state index contributed by atoms with van der Waals surface area (Å²) in [6.45, 7) is 3.26. The molecule has 0 saturated carbocycles. The zero-order valence-corrected chi connectivity index (χ0v) is 12.4. The number of benzene rings is 1. The SMILES string of the molecule is CCCC(O)CNCc1ccc(F)c(-c2cccs2)c1. The third kappa shape index (κ3) is 4.13. The monoisotopic (exact) mass is 293 g/mol. The maximum Gasteiger partial charge on any atom is 0.131 e. The van der Waals surface area contributed by atoms with Crippen LogP contribution in [-0.2, 0) is 6.54 Å². The lowest BCUT2D eigenvalue weighted by Gasteiger charge is -2.11. The van der Waals surface area contributed by atoms with Crippen LogP contribution in [0.2, 0.25) is 0 Å². The fourth-order valence-corrected chi connectivity index (χ4v) is 2.87. The van der Waals surface area contributed by atoms with Gasteiger partial charge in [0.2, 0.25) is 0 Å². The van der Waals surface area contributed by atoms with Crippen molar-refractivity contribution in [1.82, 2.24) is 5.32 Å². The summed E-state index contributed by atoms with van der Waals surface area (Å²) in [5.74, 6) is -0.192. The van der Waals surface area contributed by atoms with Gasteiger partial charge in [0.15, 0.2) is 0 Å². The molecule has 2 rings (SSSR count). The molecule has 20 heavy (non-hydrogen) atoms. The highest BCUT2D eigenvalue weighted by Gasteiger charge is 2.08. The summed E-state index contributed by atoms with van der Waals surface area (Å²) < 4.78 is 13.8. The van der Waals surface area contributed by atoms with Crippen LogP contribution in [0.25, 0.3) is 10.4 Å². The summed E-state index contributed by atoms with van der Waals surface area (Å²) >= 11 is 1.53. The number of halogens is 1. The molecule has 2 aromatic rings. The van der Waals surface area contributed by atoms with Crippen LogP contribution in [0.1, 0.15) is 25.3 Å². The number of aliphatic hydroxyl groups is 1. The van der Waals surface area contributed by atoms with Crippen molar-refractivity contribution >= 4 is 11.3 Å². The number of aliphatic hydroxyl groups excluding tert-OH is 1. The van der Waals surface area contributed by atoms with E-state index in [0.717, 1.165) is 23.3 Å². The molecule has 0 fully saturated rings. The van der Waals surface area contributed by atoms with Gasteiger partial charge < -0.3 is 10.4 Å². The first-order valence-corrected chi connectivity index (χ1v) is 7.79. The molecular weight excluding hydrogens is 273 g/mol. The molecule has 4 heteroatoms. The van der Waals surface area contributed by atoms with Crippen LogP contribution in [0.5, 0.6) is 0 Å². The van der Waals surface area contributed by atoms with Gasteiger partial charge in [-0.1, -0.05) is 25.5 Å². The Morgan fingerprint density at radius 3 is 2.90 bits per heavy atom. The third-order valence-corrected chi connectivity index (χ3v) is 4.05. The quantitative estimate of drug-likeness (QED) is 0.813. The van der Waals surface area contributed by atoms with Crippen LogP contribution in [0, 0.1) is 5.82 Å². The summed E-state index contributed by atoms with van der Waals surface area (Å²) in [4.78, 5) is 0.940. The van der Waals surface area contributed by atoms with Crippen LogP contribution in [0.4, 0.5) is 4.39 Å². The van der Waals surface area contributed by atoms with Gasteiger partial charge in [-0.15, -0.1) is 11.3 Å². The standard InChI is InChI=1S/C16H20FNOS/c1-2-4-13(19)11-18-10-12-6-7-15(17)14(9-12)16-5-3-8-20-16/h3,5-9,13,18-19H,2,4,10-11H2,1H3. The van der Waals surface area contributed by atoms with Crippen molar-refractivity contribution in [3.05, 3.63) is 47.1 Å². The van der Waals surface area contributed by atoms with Gasteiger partial charge in [0.25, 0.3) is 0 Å². The molecule has 2 N–H and O–H groups in total. The third-order valence-electron chi connectivity index (χ3n) is 3.15. The molecule has 0 radical (unpaired) electrons. The maximum absolute atomic E-state index is 13.8. The van der Waals surface area contributed by atoms with Crippen molar-refractivity contribution in [3.8, 4) is 10.4 Å². The molecule has 1 atom stereocenters. The van der Waals surface area contributed by atoms with E-state index in [1.165, 1.54) is 17.4 Å². The number of nitrogens with one attached hydrogen (secondary N) is 1. The molecule has 0 spiro atoms. The van der Waals surface area contributed by atoms with Gasteiger partial charge in [0.1, 0.15) is 5.82 Å². The molecule has 0 saturated heterocycles. The van der Waals surface area contributed by atoms with Crippen molar-refractivity contribution < 1.29 is 9.50 Å². The zero-order chi connectivity index (χ0) is 14.4. The number of rotatable bonds is 7. The minimum absolute atomic E-state index is 0.192. The maximum atomic E-state index is 13.8. The first-order chi connectivity index (χ1) is 9.70. The summed E-state index contributed by atoms with van der Waals surface area (Å²) in [6.07, 6.45) is 1.47. The van der Waals surface area contributed by atoms with E-state index in [0.29, 0.717) is 18.7 Å². The van der Waals surface area contributed by atoms with Gasteiger partial charge in [-0.2, -0.15) is 0 Å². The lowest BCUT2D eigenvalue weighted by Crippen LogP contribution is -2.26. The highest BCUT2D eigenvalue weighted by atomic mass is 32.1. The lowest BCUT2D eigenvalue weighted by molar-refractivity contribution is 0.160. The van der Waals surface area contributed by atoms with E-state index in [-0.39, 0.29) is 11.9 Å². The van der Waals surface area contributed by atoms with Crippen molar-refractivity contribution in [2.24, 2.45) is 0 Å². The van der Waals surface area contributed by atoms with Crippen molar-refractivity contribution in [2.75, 3.05) is 6.54 Å². The van der Waals surface area contributed by atoms with Gasteiger partial charge in [-0.3, -0.25) is 0 Å². The summed E-state index contributed by atoms with van der Waals surface area (Å²) in [5.41, 5.74) is 1.67. The molecule has 108 valence electrons. The Hall–Kier alpha value is -1.23. The van der Waals surface area contributed by atoms with Gasteiger partial charge in [-0.25, -0.2) is 4.39 Å². The number of hydrogen-bond donors (Lipinski definition) is 2. The Balaban J connectivity index is 1.98. The molecule has 1 unspecified atom stereocenters. The van der Waals surface area contributed by atoms with Crippen LogP contribution < -0.4 is 5.32 Å². The van der Waals surface area contributed by atoms with E-state index in [9.17, 15) is 9.50 Å². The summed E-state index contributed by atoms with van der Waals surface area (Å²) in [7, 11) is 0. The van der Waals surface area contributed by atoms with Crippen LogP contribution >= 0.6 is 11.3 Å². The predicted molar refractivity (Wildman–Crippen MR) is 82.3 cm³/mol. The average Bonchev–Trinajstić information content (AvgIpc) is 2.95. The predicted octanol–water partition coefficient (Wildman–Crippen LogP) is 3.80. The molecule has 2 nitrogen and oxygen atoms in total. The Kier molecular flexibility index (Phi) is 5.71. The number of hydrogen-bond acceptors (Lipinski definition) is 3.